The number of amides is 1. The second-order valence-electron chi connectivity index (χ2n) is 12.0. The largest absolute Gasteiger partial charge is 0.398 e. The number of benzene rings is 3. The van der Waals surface area contributed by atoms with Gasteiger partial charge in [-0.2, -0.15) is 5.26 Å². The summed E-state index contributed by atoms with van der Waals surface area (Å²) < 4.78 is 19.7. The van der Waals surface area contributed by atoms with Gasteiger partial charge in [0.2, 0.25) is 5.91 Å². The van der Waals surface area contributed by atoms with Crippen LogP contribution in [0.4, 0.5) is 0 Å². The van der Waals surface area contributed by atoms with E-state index in [9.17, 15) is 15.2 Å². The Morgan fingerprint density at radius 3 is 2.02 bits per heavy atom. The van der Waals surface area contributed by atoms with Crippen LogP contribution in [0.2, 0.25) is 5.04 Å². The molecule has 7 nitrogen and oxygen atoms in total. The standard InChI is InChI=1S/C35H42N2O5Si/c1-27(39)37-35(22-23-38)21-20-32(33(31(35)24-36)41-26-40-25-28-14-8-5-9-15-28)42-43(34(2,3)4,29-16-10-6-11-17-29)30-18-12-7-13-19-30/h5-21,31-33,38H,22-23,25-26H2,1-4H3,(H,37,39)/t31-,32+,33+,35+/m0/s1. The van der Waals surface area contributed by atoms with Crippen LogP contribution in [0.3, 0.4) is 0 Å². The predicted molar refractivity (Wildman–Crippen MR) is 170 cm³/mol. The number of nitrogens with one attached hydrogen (secondary N) is 1. The lowest BCUT2D eigenvalue weighted by molar-refractivity contribution is -0.142. The van der Waals surface area contributed by atoms with Crippen LogP contribution in [0.25, 0.3) is 0 Å². The van der Waals surface area contributed by atoms with Gasteiger partial charge >= 0.3 is 0 Å². The van der Waals surface area contributed by atoms with Crippen LogP contribution < -0.4 is 15.7 Å². The summed E-state index contributed by atoms with van der Waals surface area (Å²) in [5.74, 6) is -1.17. The Morgan fingerprint density at radius 1 is 0.977 bits per heavy atom. The monoisotopic (exact) mass is 598 g/mol. The molecule has 1 aliphatic rings. The molecule has 0 aromatic heterocycles. The Hall–Kier alpha value is -3.58. The molecule has 0 aliphatic heterocycles. The lowest BCUT2D eigenvalue weighted by Crippen LogP contribution is -2.70. The molecule has 0 fully saturated rings. The van der Waals surface area contributed by atoms with E-state index in [1.54, 1.807) is 0 Å². The second kappa shape index (κ2) is 14.3. The van der Waals surface area contributed by atoms with Crippen LogP contribution in [0.15, 0.2) is 103 Å². The third kappa shape index (κ3) is 7.15. The molecule has 1 aliphatic carbocycles. The number of carbonyl (C=O) groups excluding carboxylic acids is 1. The average molecular weight is 599 g/mol. The molecule has 1 amide bonds. The number of ether oxygens (including phenoxy) is 2. The van der Waals surface area contributed by atoms with E-state index < -0.39 is 32.0 Å². The van der Waals surface area contributed by atoms with E-state index in [2.05, 4.69) is 56.4 Å². The Balaban J connectivity index is 1.79. The molecule has 0 unspecified atom stereocenters. The summed E-state index contributed by atoms with van der Waals surface area (Å²) in [6.45, 7) is 8.03. The third-order valence-electron chi connectivity index (χ3n) is 8.05. The van der Waals surface area contributed by atoms with Gasteiger partial charge < -0.3 is 24.3 Å². The zero-order valence-electron chi connectivity index (χ0n) is 25.4. The normalized spacial score (nSPS) is 22.1. The first-order chi connectivity index (χ1) is 20.7. The van der Waals surface area contributed by atoms with Crippen molar-refractivity contribution in [2.75, 3.05) is 13.4 Å². The second-order valence-corrected chi connectivity index (χ2v) is 16.2. The van der Waals surface area contributed by atoms with E-state index in [0.29, 0.717) is 6.61 Å². The highest BCUT2D eigenvalue weighted by atomic mass is 28.4. The van der Waals surface area contributed by atoms with E-state index in [1.807, 2.05) is 78.9 Å². The molecule has 4 rings (SSSR count). The van der Waals surface area contributed by atoms with Gasteiger partial charge in [-0.25, -0.2) is 0 Å². The van der Waals surface area contributed by atoms with Crippen molar-refractivity contribution in [2.24, 2.45) is 5.92 Å². The lowest BCUT2D eigenvalue weighted by Gasteiger charge is -2.49. The van der Waals surface area contributed by atoms with Crippen LogP contribution in [-0.4, -0.2) is 50.5 Å². The molecule has 3 aromatic carbocycles. The highest BCUT2D eigenvalue weighted by molar-refractivity contribution is 6.99. The number of hydrogen-bond donors (Lipinski definition) is 2. The summed E-state index contributed by atoms with van der Waals surface area (Å²) in [6.07, 6.45) is 2.41. The van der Waals surface area contributed by atoms with Gasteiger partial charge in [-0.1, -0.05) is 124 Å². The minimum absolute atomic E-state index is 0.0819. The summed E-state index contributed by atoms with van der Waals surface area (Å²) in [7, 11) is -3.04. The summed E-state index contributed by atoms with van der Waals surface area (Å²) >= 11 is 0. The fourth-order valence-electron chi connectivity index (χ4n) is 6.14. The van der Waals surface area contributed by atoms with Gasteiger partial charge in [0, 0.05) is 13.5 Å². The number of nitrogens with zero attached hydrogens (tertiary/aromatic N) is 1. The van der Waals surface area contributed by atoms with Crippen LogP contribution >= 0.6 is 0 Å². The maximum absolute atomic E-state index is 12.4. The summed E-state index contributed by atoms with van der Waals surface area (Å²) in [5, 5.41) is 25.4. The molecule has 0 saturated heterocycles. The molecular formula is C35H42N2O5Si. The van der Waals surface area contributed by atoms with Crippen LogP contribution in [0, 0.1) is 17.2 Å². The number of carbonyl (C=O) groups is 1. The van der Waals surface area contributed by atoms with E-state index in [-0.39, 0.29) is 30.8 Å². The number of hydrogen-bond acceptors (Lipinski definition) is 6. The van der Waals surface area contributed by atoms with Crippen molar-refractivity contribution in [3.8, 4) is 6.07 Å². The first-order valence-corrected chi connectivity index (χ1v) is 16.6. The van der Waals surface area contributed by atoms with Gasteiger partial charge in [-0.3, -0.25) is 4.79 Å². The van der Waals surface area contributed by atoms with E-state index in [1.165, 1.54) is 6.92 Å². The van der Waals surface area contributed by atoms with Gasteiger partial charge in [-0.15, -0.1) is 0 Å². The van der Waals surface area contributed by atoms with Crippen molar-refractivity contribution >= 4 is 24.6 Å². The topological polar surface area (TPSA) is 101 Å². The quantitative estimate of drug-likeness (QED) is 0.138. The Bertz CT molecular complexity index is 1350. The first kappa shape index (κ1) is 32.3. The van der Waals surface area contributed by atoms with Gasteiger partial charge in [-0.05, 0) is 27.4 Å². The van der Waals surface area contributed by atoms with Gasteiger partial charge in [0.05, 0.1) is 24.3 Å². The fraction of sp³-hybridized carbons (Fsp3) is 0.371. The van der Waals surface area contributed by atoms with Gasteiger partial charge in [0.1, 0.15) is 18.8 Å². The molecular weight excluding hydrogens is 556 g/mol. The van der Waals surface area contributed by atoms with Crippen LogP contribution in [0.1, 0.15) is 39.7 Å². The molecule has 0 spiro atoms. The molecule has 0 saturated carbocycles. The van der Waals surface area contributed by atoms with Crippen molar-refractivity contribution in [2.45, 2.75) is 63.5 Å². The Labute approximate surface area is 256 Å². The maximum atomic E-state index is 12.4. The zero-order valence-corrected chi connectivity index (χ0v) is 26.4. The van der Waals surface area contributed by atoms with Crippen LogP contribution in [-0.2, 0) is 25.3 Å². The zero-order chi connectivity index (χ0) is 30.9. The van der Waals surface area contributed by atoms with Crippen molar-refractivity contribution in [1.29, 1.82) is 5.26 Å². The van der Waals surface area contributed by atoms with Crippen molar-refractivity contribution in [3.63, 3.8) is 0 Å². The molecule has 2 N–H and O–H groups in total. The fourth-order valence-corrected chi connectivity index (χ4v) is 10.8. The van der Waals surface area contributed by atoms with Crippen LogP contribution in [0.5, 0.6) is 0 Å². The van der Waals surface area contributed by atoms with Crippen molar-refractivity contribution in [1.82, 2.24) is 5.32 Å². The van der Waals surface area contributed by atoms with Gasteiger partial charge in [0.25, 0.3) is 8.32 Å². The number of aliphatic hydroxyl groups is 1. The molecule has 3 aromatic rings. The van der Waals surface area contributed by atoms with Gasteiger partial charge in [0.15, 0.2) is 0 Å². The molecule has 0 heterocycles. The number of rotatable bonds is 12. The first-order valence-electron chi connectivity index (χ1n) is 14.7. The minimum atomic E-state index is -3.04. The predicted octanol–water partition coefficient (Wildman–Crippen LogP) is 4.46. The smallest absolute Gasteiger partial charge is 0.262 e. The summed E-state index contributed by atoms with van der Waals surface area (Å²) in [5.41, 5.74) is -0.135. The highest BCUT2D eigenvalue weighted by Gasteiger charge is 2.55. The minimum Gasteiger partial charge on any atom is -0.398 e. The van der Waals surface area contributed by atoms with Crippen molar-refractivity contribution in [3.05, 3.63) is 109 Å². The number of aliphatic hydroxyl groups excluding tert-OH is 1. The van der Waals surface area contributed by atoms with E-state index in [4.69, 9.17) is 13.9 Å². The van der Waals surface area contributed by atoms with E-state index >= 15 is 0 Å². The lowest BCUT2D eigenvalue weighted by atomic mass is 9.73. The van der Waals surface area contributed by atoms with E-state index in [0.717, 1.165) is 15.9 Å². The molecule has 43 heavy (non-hydrogen) atoms. The molecule has 8 heteroatoms. The summed E-state index contributed by atoms with van der Waals surface area (Å²) in [6, 6.07) is 32.7. The highest BCUT2D eigenvalue weighted by Crippen LogP contribution is 2.41. The molecule has 0 bridgehead atoms. The Morgan fingerprint density at radius 2 is 1.53 bits per heavy atom. The van der Waals surface area contributed by atoms with Crippen molar-refractivity contribution < 1.29 is 23.8 Å². The maximum Gasteiger partial charge on any atom is 0.262 e. The third-order valence-corrected chi connectivity index (χ3v) is 13.1. The molecule has 226 valence electrons. The molecule has 0 radical (unpaired) electrons. The average Bonchev–Trinajstić information content (AvgIpc) is 2.99. The molecule has 4 atom stereocenters. The number of nitriles is 1. The Kier molecular flexibility index (Phi) is 10.7. The summed E-state index contributed by atoms with van der Waals surface area (Å²) in [4.78, 5) is 12.4. The SMILES string of the molecule is CC(=O)N[C@@]1(CCO)C=C[C@@H](O[Si](c2ccccc2)(c2ccccc2)C(C)(C)C)[C@H](OCOCc2ccccc2)[C@@H]1C#N.